The number of hydrogen-bond acceptors (Lipinski definition) is 9. The molecule has 3 fully saturated rings. The second-order valence-electron chi connectivity index (χ2n) is 10.5. The minimum atomic E-state index is -0.425. The number of carbonyl (C=O) groups is 2. The maximum atomic E-state index is 12.5. The van der Waals surface area contributed by atoms with Gasteiger partial charge in [-0.1, -0.05) is 24.5 Å². The Bertz CT molecular complexity index is 798. The van der Waals surface area contributed by atoms with E-state index in [0.29, 0.717) is 26.1 Å². The van der Waals surface area contributed by atoms with Crippen LogP contribution in [0, 0.1) is 5.92 Å². The number of epoxide rings is 2. The van der Waals surface area contributed by atoms with Crippen molar-refractivity contribution in [2.24, 2.45) is 5.92 Å². The molecule has 2 saturated heterocycles. The lowest BCUT2D eigenvalue weighted by atomic mass is 9.68. The van der Waals surface area contributed by atoms with Gasteiger partial charge < -0.3 is 29.6 Å². The number of hydrogen-bond donors (Lipinski definition) is 3. The van der Waals surface area contributed by atoms with E-state index < -0.39 is 6.09 Å². The highest BCUT2D eigenvalue weighted by atomic mass is 33.1. The number of halogens is 1. The minimum absolute atomic E-state index is 0.00437. The molecular formula is C25H42FN3O6S2. The minimum Gasteiger partial charge on any atom is -0.443 e. The van der Waals surface area contributed by atoms with Crippen molar-refractivity contribution in [3.8, 4) is 0 Å². The van der Waals surface area contributed by atoms with E-state index in [1.165, 1.54) is 5.57 Å². The first-order chi connectivity index (χ1) is 17.8. The Hall–Kier alpha value is -1.05. The molecule has 3 aliphatic rings. The summed E-state index contributed by atoms with van der Waals surface area (Å²) in [5.74, 6) is -0.153. The molecule has 0 aromatic heterocycles. The van der Waals surface area contributed by atoms with Crippen LogP contribution in [0.3, 0.4) is 0 Å². The van der Waals surface area contributed by atoms with Crippen molar-refractivity contribution in [2.75, 3.05) is 33.4 Å². The van der Waals surface area contributed by atoms with E-state index in [4.69, 9.17) is 18.9 Å². The van der Waals surface area contributed by atoms with Gasteiger partial charge in [-0.3, -0.25) is 4.79 Å². The number of carbonyl (C=O) groups excluding carboxylic acids is 2. The average molecular weight is 564 g/mol. The summed E-state index contributed by atoms with van der Waals surface area (Å²) in [6.07, 6.45) is 7.16. The smallest absolute Gasteiger partial charge is 0.407 e. The molecule has 6 atom stereocenters. The number of amides is 2. The van der Waals surface area contributed by atoms with Gasteiger partial charge in [0.1, 0.15) is 34.6 Å². The molecule has 9 nitrogen and oxygen atoms in total. The van der Waals surface area contributed by atoms with E-state index in [2.05, 4.69) is 42.2 Å². The van der Waals surface area contributed by atoms with Gasteiger partial charge in [0.15, 0.2) is 0 Å². The SMILES string of the molecule is COC1C(OC(=O)NCCCCCCNC(=O)CNSSF)CCC2(CO2)C1[C@]1(C)O[C@@H]1CC=C(C)C. The van der Waals surface area contributed by atoms with Gasteiger partial charge in [0.2, 0.25) is 5.91 Å². The van der Waals surface area contributed by atoms with E-state index in [1.807, 2.05) is 0 Å². The van der Waals surface area contributed by atoms with Gasteiger partial charge in [0.05, 0.1) is 25.2 Å². The number of unbranched alkanes of at least 4 members (excludes halogenated alkanes) is 3. The van der Waals surface area contributed by atoms with Crippen LogP contribution in [-0.2, 0) is 23.7 Å². The molecule has 2 heterocycles. The van der Waals surface area contributed by atoms with Gasteiger partial charge in [-0.2, -0.15) is 3.89 Å². The molecule has 1 saturated carbocycles. The second-order valence-corrected chi connectivity index (χ2v) is 11.9. The van der Waals surface area contributed by atoms with Crippen LogP contribution in [-0.4, -0.2) is 74.9 Å². The summed E-state index contributed by atoms with van der Waals surface area (Å²) in [4.78, 5) is 24.1. The predicted octanol–water partition coefficient (Wildman–Crippen LogP) is 4.24. The molecule has 2 amide bonds. The number of nitrogens with one attached hydrogen (secondary N) is 3. The molecule has 0 bridgehead atoms. The van der Waals surface area contributed by atoms with Crippen LogP contribution in [0.4, 0.5) is 8.68 Å². The molecule has 2 aliphatic heterocycles. The molecule has 3 rings (SSSR count). The van der Waals surface area contributed by atoms with Crippen LogP contribution in [0.5, 0.6) is 0 Å². The summed E-state index contributed by atoms with van der Waals surface area (Å²) in [6.45, 7) is 8.19. The van der Waals surface area contributed by atoms with Crippen LogP contribution in [0.15, 0.2) is 11.6 Å². The van der Waals surface area contributed by atoms with Crippen LogP contribution < -0.4 is 15.4 Å². The summed E-state index contributed by atoms with van der Waals surface area (Å²) in [6, 6.07) is 0. The molecule has 4 unspecified atom stereocenters. The third-order valence-electron chi connectivity index (χ3n) is 7.51. The van der Waals surface area contributed by atoms with E-state index in [1.54, 1.807) is 7.11 Å². The molecule has 3 N–H and O–H groups in total. The van der Waals surface area contributed by atoms with Crippen molar-refractivity contribution in [1.29, 1.82) is 0 Å². The zero-order chi connectivity index (χ0) is 26.9. The fraction of sp³-hybridized carbons (Fsp3) is 0.840. The Morgan fingerprint density at radius 3 is 2.49 bits per heavy atom. The highest BCUT2D eigenvalue weighted by Gasteiger charge is 2.72. The zero-order valence-corrected chi connectivity index (χ0v) is 23.9. The van der Waals surface area contributed by atoms with Crippen molar-refractivity contribution < 1.29 is 32.4 Å². The predicted molar refractivity (Wildman–Crippen MR) is 144 cm³/mol. The molecule has 37 heavy (non-hydrogen) atoms. The Balaban J connectivity index is 1.35. The summed E-state index contributed by atoms with van der Waals surface area (Å²) >= 11 is 0.0726. The van der Waals surface area contributed by atoms with Crippen LogP contribution in [0.25, 0.3) is 0 Å². The van der Waals surface area contributed by atoms with Crippen molar-refractivity contribution in [1.82, 2.24) is 15.4 Å². The zero-order valence-electron chi connectivity index (χ0n) is 22.3. The lowest BCUT2D eigenvalue weighted by Crippen LogP contribution is -2.56. The van der Waals surface area contributed by atoms with Crippen molar-refractivity contribution in [3.05, 3.63) is 11.6 Å². The van der Waals surface area contributed by atoms with Crippen molar-refractivity contribution >= 4 is 34.2 Å². The number of methoxy groups -OCH3 is 1. The van der Waals surface area contributed by atoms with E-state index in [0.717, 1.165) is 49.5 Å². The Labute approximate surface area is 227 Å². The average Bonchev–Trinajstić information content (AvgIpc) is 3.77. The third kappa shape index (κ3) is 8.72. The Morgan fingerprint density at radius 2 is 1.86 bits per heavy atom. The topological polar surface area (TPSA) is 114 Å². The fourth-order valence-electron chi connectivity index (χ4n) is 5.45. The lowest BCUT2D eigenvalue weighted by molar-refractivity contribution is -0.119. The summed E-state index contributed by atoms with van der Waals surface area (Å²) < 4.78 is 38.4. The first kappa shape index (κ1) is 30.5. The summed E-state index contributed by atoms with van der Waals surface area (Å²) in [5, 5.41) is 5.64. The van der Waals surface area contributed by atoms with E-state index >= 15 is 0 Å². The highest BCUT2D eigenvalue weighted by molar-refractivity contribution is 8.74. The quantitative estimate of drug-likeness (QED) is 0.0834. The Kier molecular flexibility index (Phi) is 11.8. The number of ether oxygens (including phenoxy) is 4. The molecule has 0 radical (unpaired) electrons. The summed E-state index contributed by atoms with van der Waals surface area (Å²) in [7, 11) is 2.46. The van der Waals surface area contributed by atoms with Crippen LogP contribution in [0.1, 0.15) is 65.7 Å². The fourth-order valence-corrected chi connectivity index (χ4v) is 6.00. The lowest BCUT2D eigenvalue weighted by Gasteiger charge is -2.42. The maximum Gasteiger partial charge on any atom is 0.407 e. The van der Waals surface area contributed by atoms with Crippen molar-refractivity contribution in [2.45, 2.75) is 95.2 Å². The van der Waals surface area contributed by atoms with Gasteiger partial charge in [-0.15, -0.1) is 0 Å². The van der Waals surface area contributed by atoms with Gasteiger partial charge in [-0.05, 0) is 52.9 Å². The molecular weight excluding hydrogens is 521 g/mol. The first-order valence-electron chi connectivity index (χ1n) is 13.1. The van der Waals surface area contributed by atoms with Gasteiger partial charge in [0.25, 0.3) is 0 Å². The largest absolute Gasteiger partial charge is 0.443 e. The van der Waals surface area contributed by atoms with Crippen molar-refractivity contribution in [3.63, 3.8) is 0 Å². The van der Waals surface area contributed by atoms with E-state index in [9.17, 15) is 13.5 Å². The highest BCUT2D eigenvalue weighted by Crippen LogP contribution is 2.59. The van der Waals surface area contributed by atoms with Crippen LogP contribution >= 0.6 is 22.2 Å². The second kappa shape index (κ2) is 14.4. The normalized spacial score (nSPS) is 32.0. The maximum absolute atomic E-state index is 12.5. The molecule has 0 aromatic carbocycles. The van der Waals surface area contributed by atoms with Gasteiger partial charge in [-0.25, -0.2) is 9.52 Å². The molecule has 1 spiro atoms. The van der Waals surface area contributed by atoms with Gasteiger partial charge in [0, 0.05) is 31.2 Å². The van der Waals surface area contributed by atoms with Gasteiger partial charge >= 0.3 is 6.09 Å². The van der Waals surface area contributed by atoms with E-state index in [-0.39, 0.29) is 59.1 Å². The molecule has 1 aliphatic carbocycles. The number of alkyl carbamates (subject to hydrolysis) is 1. The molecule has 0 aromatic rings. The van der Waals surface area contributed by atoms with Crippen LogP contribution in [0.2, 0.25) is 0 Å². The summed E-state index contributed by atoms with van der Waals surface area (Å²) in [5.41, 5.74) is 0.669. The molecule has 12 heteroatoms. The number of rotatable bonds is 16. The Morgan fingerprint density at radius 1 is 1.16 bits per heavy atom. The number of allylic oxidation sites excluding steroid dienone is 1. The first-order valence-corrected chi connectivity index (χ1v) is 15.2. The third-order valence-corrected chi connectivity index (χ3v) is 8.38. The monoisotopic (exact) mass is 563 g/mol. The standard InChI is InChI=1S/C25H42FN3O6S2/c1-17(2)9-10-19-24(3,35-19)22-21(32-4)18(11-12-25(22)16-33-25)34-23(31)28-14-8-6-5-7-13-27-20(30)15-29-37-36-26/h9,18-19,21-22,29H,5-8,10-16H2,1-4H3,(H,27,30)(H,28,31)/t18?,19-,21?,22?,24-,25?/m1/s1. The molecule has 212 valence electrons.